The van der Waals surface area contributed by atoms with Crippen LogP contribution in [-0.2, 0) is 18.4 Å². The summed E-state index contributed by atoms with van der Waals surface area (Å²) < 4.78 is 23.6. The molecule has 0 rings (SSSR count). The maximum atomic E-state index is 12.8. The zero-order valence-corrected chi connectivity index (χ0v) is 35.3. The molecule has 304 valence electrons. The van der Waals surface area contributed by atoms with Gasteiger partial charge in [-0.15, -0.1) is 0 Å². The molecule has 1 unspecified atom stereocenters. The summed E-state index contributed by atoms with van der Waals surface area (Å²) in [6, 6.07) is -0.759. The summed E-state index contributed by atoms with van der Waals surface area (Å²) in [4.78, 5) is 23.1. The van der Waals surface area contributed by atoms with Crippen molar-refractivity contribution in [3.8, 4) is 0 Å². The molecule has 0 aliphatic rings. The van der Waals surface area contributed by atoms with Crippen LogP contribution in [0.4, 0.5) is 0 Å². The Morgan fingerprint density at radius 1 is 0.647 bits per heavy atom. The van der Waals surface area contributed by atoms with E-state index in [1.165, 1.54) is 122 Å². The summed E-state index contributed by atoms with van der Waals surface area (Å²) >= 11 is 0. The van der Waals surface area contributed by atoms with Crippen LogP contribution in [0.2, 0.25) is 0 Å². The molecule has 0 aliphatic heterocycles. The van der Waals surface area contributed by atoms with E-state index in [-0.39, 0.29) is 19.1 Å². The molecular formula is C42H86N2O6P+. The first-order chi connectivity index (χ1) is 24.5. The first kappa shape index (κ1) is 50.2. The number of nitrogens with one attached hydrogen (secondary N) is 1. The van der Waals surface area contributed by atoms with E-state index in [0.29, 0.717) is 23.9 Å². The third kappa shape index (κ3) is 37.4. The van der Waals surface area contributed by atoms with Gasteiger partial charge in [-0.25, -0.2) is 4.57 Å². The Morgan fingerprint density at radius 3 is 1.51 bits per heavy atom. The number of aliphatic hydroxyl groups excluding tert-OH is 1. The number of rotatable bonds is 39. The first-order valence-corrected chi connectivity index (χ1v) is 23.0. The van der Waals surface area contributed by atoms with E-state index in [1.807, 2.05) is 21.1 Å². The summed E-state index contributed by atoms with van der Waals surface area (Å²) in [5.74, 6) is -0.153. The lowest BCUT2D eigenvalue weighted by molar-refractivity contribution is -0.870. The molecule has 0 heterocycles. The average molecular weight is 746 g/mol. The van der Waals surface area contributed by atoms with Crippen molar-refractivity contribution >= 4 is 13.7 Å². The first-order valence-electron chi connectivity index (χ1n) is 21.6. The fourth-order valence-corrected chi connectivity index (χ4v) is 7.01. The largest absolute Gasteiger partial charge is 0.472 e. The van der Waals surface area contributed by atoms with E-state index in [9.17, 15) is 19.4 Å². The van der Waals surface area contributed by atoms with Gasteiger partial charge in [0.1, 0.15) is 13.2 Å². The SMILES string of the molecule is CCCCCCC/C=C/CCCCCCCC(=O)N[C@@H](COP(=O)(O)OCC[N+](C)(C)C)[C@H](O)CCCCCCCCCCCCCCCCC. The normalized spacial score (nSPS) is 14.6. The molecule has 0 aliphatic carbocycles. The third-order valence-corrected chi connectivity index (χ3v) is 10.7. The Balaban J connectivity index is 4.40. The number of carbonyl (C=O) groups excluding carboxylic acids is 1. The number of likely N-dealkylation sites (N-methyl/N-ethyl adjacent to an activating group) is 1. The van der Waals surface area contributed by atoms with Gasteiger partial charge in [-0.3, -0.25) is 13.8 Å². The van der Waals surface area contributed by atoms with Crippen molar-refractivity contribution < 1.29 is 32.9 Å². The van der Waals surface area contributed by atoms with E-state index >= 15 is 0 Å². The Morgan fingerprint density at radius 2 is 1.06 bits per heavy atom. The van der Waals surface area contributed by atoms with Crippen LogP contribution < -0.4 is 5.32 Å². The highest BCUT2D eigenvalue weighted by molar-refractivity contribution is 7.47. The molecule has 0 radical (unpaired) electrons. The number of carbonyl (C=O) groups is 1. The topological polar surface area (TPSA) is 105 Å². The average Bonchev–Trinajstić information content (AvgIpc) is 3.07. The Labute approximate surface area is 316 Å². The van der Waals surface area contributed by atoms with Crippen LogP contribution in [0.1, 0.15) is 200 Å². The minimum atomic E-state index is -4.31. The number of aliphatic hydroxyl groups is 1. The predicted octanol–water partition coefficient (Wildman–Crippen LogP) is 11.6. The maximum Gasteiger partial charge on any atom is 0.472 e. The second-order valence-corrected chi connectivity index (χ2v) is 17.5. The molecule has 0 bridgehead atoms. The third-order valence-electron chi connectivity index (χ3n) is 9.76. The predicted molar refractivity (Wildman–Crippen MR) is 217 cm³/mol. The van der Waals surface area contributed by atoms with Crippen molar-refractivity contribution in [3.63, 3.8) is 0 Å². The van der Waals surface area contributed by atoms with Gasteiger partial charge in [0, 0.05) is 6.42 Å². The summed E-state index contributed by atoms with van der Waals surface area (Å²) in [7, 11) is 1.61. The molecular weight excluding hydrogens is 659 g/mol. The lowest BCUT2D eigenvalue weighted by atomic mass is 10.0. The van der Waals surface area contributed by atoms with Crippen LogP contribution in [0.3, 0.4) is 0 Å². The van der Waals surface area contributed by atoms with E-state index in [0.717, 1.165) is 51.4 Å². The smallest absolute Gasteiger partial charge is 0.391 e. The highest BCUT2D eigenvalue weighted by Crippen LogP contribution is 2.43. The number of hydrogen-bond donors (Lipinski definition) is 3. The van der Waals surface area contributed by atoms with Crippen molar-refractivity contribution in [1.29, 1.82) is 0 Å². The van der Waals surface area contributed by atoms with Crippen molar-refractivity contribution in [2.24, 2.45) is 0 Å². The Bertz CT molecular complexity index is 850. The summed E-state index contributed by atoms with van der Waals surface area (Å²) in [6.45, 7) is 4.87. The van der Waals surface area contributed by atoms with E-state index < -0.39 is 20.0 Å². The van der Waals surface area contributed by atoms with Gasteiger partial charge >= 0.3 is 7.82 Å². The van der Waals surface area contributed by atoms with Gasteiger partial charge in [0.2, 0.25) is 5.91 Å². The quantitative estimate of drug-likeness (QED) is 0.0250. The monoisotopic (exact) mass is 746 g/mol. The maximum absolute atomic E-state index is 12.8. The van der Waals surface area contributed by atoms with Crippen molar-refractivity contribution in [2.75, 3.05) is 40.9 Å². The number of nitrogens with zero attached hydrogens (tertiary/aromatic N) is 1. The number of hydrogen-bond acceptors (Lipinski definition) is 5. The van der Waals surface area contributed by atoms with Gasteiger partial charge in [-0.2, -0.15) is 0 Å². The molecule has 3 N–H and O–H groups in total. The summed E-state index contributed by atoms with van der Waals surface area (Å²) in [5, 5.41) is 13.9. The molecule has 0 saturated carbocycles. The van der Waals surface area contributed by atoms with Crippen LogP contribution in [0, 0.1) is 0 Å². The highest BCUT2D eigenvalue weighted by atomic mass is 31.2. The fourth-order valence-electron chi connectivity index (χ4n) is 6.28. The van der Waals surface area contributed by atoms with E-state index in [4.69, 9.17) is 9.05 Å². The lowest BCUT2D eigenvalue weighted by Crippen LogP contribution is -2.46. The van der Waals surface area contributed by atoms with Gasteiger partial charge in [-0.05, 0) is 38.5 Å². The van der Waals surface area contributed by atoms with Gasteiger partial charge in [0.05, 0.1) is 39.9 Å². The molecule has 1 amide bonds. The van der Waals surface area contributed by atoms with Crippen molar-refractivity contribution in [1.82, 2.24) is 5.32 Å². The van der Waals surface area contributed by atoms with Gasteiger partial charge < -0.3 is 19.8 Å². The fraction of sp³-hybridized carbons (Fsp3) is 0.929. The molecule has 51 heavy (non-hydrogen) atoms. The number of phosphoric ester groups is 1. The number of amides is 1. The number of phosphoric acid groups is 1. The Kier molecular flexibility index (Phi) is 34.5. The molecule has 3 atom stereocenters. The minimum Gasteiger partial charge on any atom is -0.391 e. The molecule has 0 aromatic rings. The zero-order chi connectivity index (χ0) is 37.9. The van der Waals surface area contributed by atoms with Crippen LogP contribution in [0.15, 0.2) is 12.2 Å². The van der Waals surface area contributed by atoms with Gasteiger partial charge in [0.25, 0.3) is 0 Å². The summed E-state index contributed by atoms with van der Waals surface area (Å²) in [6.07, 6.45) is 38.0. The van der Waals surface area contributed by atoms with Crippen molar-refractivity contribution in [2.45, 2.75) is 212 Å². The van der Waals surface area contributed by atoms with E-state index in [1.54, 1.807) is 0 Å². The number of unbranched alkanes of at least 4 members (excludes halogenated alkanes) is 24. The van der Waals surface area contributed by atoms with Gasteiger partial charge in [-0.1, -0.05) is 167 Å². The second kappa shape index (κ2) is 35.0. The van der Waals surface area contributed by atoms with Crippen LogP contribution in [-0.4, -0.2) is 73.4 Å². The molecule has 8 nitrogen and oxygen atoms in total. The second-order valence-electron chi connectivity index (χ2n) is 16.1. The number of allylic oxidation sites excluding steroid dienone is 2. The highest BCUT2D eigenvalue weighted by Gasteiger charge is 2.28. The van der Waals surface area contributed by atoms with Crippen LogP contribution in [0.25, 0.3) is 0 Å². The minimum absolute atomic E-state index is 0.0748. The van der Waals surface area contributed by atoms with Crippen LogP contribution >= 0.6 is 7.82 Å². The van der Waals surface area contributed by atoms with E-state index in [2.05, 4.69) is 31.3 Å². The van der Waals surface area contributed by atoms with Crippen LogP contribution in [0.5, 0.6) is 0 Å². The number of quaternary nitrogens is 1. The lowest BCUT2D eigenvalue weighted by Gasteiger charge is -2.26. The molecule has 0 saturated heterocycles. The molecule has 0 fully saturated rings. The van der Waals surface area contributed by atoms with Crippen molar-refractivity contribution in [3.05, 3.63) is 12.2 Å². The summed E-state index contributed by atoms with van der Waals surface area (Å²) in [5.41, 5.74) is 0. The molecule has 0 aromatic carbocycles. The molecule has 0 aromatic heterocycles. The molecule has 0 spiro atoms. The molecule has 9 heteroatoms. The zero-order valence-electron chi connectivity index (χ0n) is 34.4. The van der Waals surface area contributed by atoms with Gasteiger partial charge in [0.15, 0.2) is 0 Å². The standard InChI is InChI=1S/C42H85N2O6P/c1-6-8-10-12-14-16-18-20-22-23-25-27-29-31-33-35-41(45)40(39-50-51(47,48)49-38-37-44(3,4)5)43-42(46)36-34-32-30-28-26-24-21-19-17-15-13-11-9-7-2/h19,21,40-41,45H,6-18,20,22-39H2,1-5H3,(H-,43,46,47,48)/p+1/b21-19+/t40-,41+/m0/s1. The Hall–Kier alpha value is -0.760.